The first-order valence-electron chi connectivity index (χ1n) is 9.91. The maximum absolute atomic E-state index is 12.6. The first-order chi connectivity index (χ1) is 13.0. The summed E-state index contributed by atoms with van der Waals surface area (Å²) < 4.78 is 2.06. The van der Waals surface area contributed by atoms with Gasteiger partial charge in [0.15, 0.2) is 0 Å². The highest BCUT2D eigenvalue weighted by atomic mass is 16.2. The second kappa shape index (κ2) is 7.29. The molecule has 0 unspecified atom stereocenters. The van der Waals surface area contributed by atoms with Gasteiger partial charge in [-0.15, -0.1) is 0 Å². The van der Waals surface area contributed by atoms with E-state index in [1.807, 2.05) is 25.7 Å². The molecule has 27 heavy (non-hydrogen) atoms. The zero-order chi connectivity index (χ0) is 19.0. The van der Waals surface area contributed by atoms with Crippen molar-refractivity contribution >= 4 is 11.7 Å². The van der Waals surface area contributed by atoms with Crippen LogP contribution in [-0.2, 0) is 24.4 Å². The fraction of sp³-hybridized carbons (Fsp3) is 0.600. The molecule has 2 aromatic heterocycles. The molecule has 7 nitrogen and oxygen atoms in total. The van der Waals surface area contributed by atoms with E-state index in [1.54, 1.807) is 0 Å². The average Bonchev–Trinajstić information content (AvgIpc) is 2.85. The van der Waals surface area contributed by atoms with E-state index in [0.29, 0.717) is 19.0 Å². The number of anilines is 1. The summed E-state index contributed by atoms with van der Waals surface area (Å²) in [6.45, 7) is 8.94. The van der Waals surface area contributed by atoms with Crippen LogP contribution in [0.15, 0.2) is 6.07 Å². The van der Waals surface area contributed by atoms with Gasteiger partial charge in [-0.2, -0.15) is 5.10 Å². The molecule has 2 aliphatic rings. The molecular weight excluding hydrogens is 340 g/mol. The summed E-state index contributed by atoms with van der Waals surface area (Å²) in [5.74, 6) is 2.22. The molecule has 0 radical (unpaired) electrons. The van der Waals surface area contributed by atoms with E-state index in [0.717, 1.165) is 66.6 Å². The molecule has 0 atom stereocenters. The van der Waals surface area contributed by atoms with Crippen molar-refractivity contribution in [3.8, 4) is 0 Å². The molecule has 0 aromatic carbocycles. The predicted octanol–water partition coefficient (Wildman–Crippen LogP) is 2.74. The minimum atomic E-state index is 0.257. The van der Waals surface area contributed by atoms with Gasteiger partial charge in [0.2, 0.25) is 5.91 Å². The molecule has 144 valence electrons. The van der Waals surface area contributed by atoms with Crippen LogP contribution < -0.4 is 5.32 Å². The number of hydrogen-bond acceptors (Lipinski definition) is 5. The minimum Gasteiger partial charge on any atom is -0.364 e. The first-order valence-corrected chi connectivity index (χ1v) is 9.91. The third-order valence-corrected chi connectivity index (χ3v) is 5.77. The number of nitrogens with one attached hydrogen (secondary N) is 1. The van der Waals surface area contributed by atoms with Crippen molar-refractivity contribution in [1.29, 1.82) is 0 Å². The van der Waals surface area contributed by atoms with Gasteiger partial charge in [0, 0.05) is 30.3 Å². The number of carbonyl (C=O) groups excluding carboxylic acids is 1. The van der Waals surface area contributed by atoms with Crippen molar-refractivity contribution in [2.45, 2.75) is 66.1 Å². The SMILES string of the molecule is Cc1nc(C)c(C)c(NCc2cc3n(n2)CCCN(C(=O)C2CCC2)C3)n1. The number of hydrogen-bond donors (Lipinski definition) is 1. The third-order valence-electron chi connectivity index (χ3n) is 5.77. The molecule has 0 saturated heterocycles. The molecule has 1 amide bonds. The smallest absolute Gasteiger partial charge is 0.226 e. The summed E-state index contributed by atoms with van der Waals surface area (Å²) in [6, 6.07) is 2.12. The summed E-state index contributed by atoms with van der Waals surface area (Å²) in [5, 5.41) is 8.14. The molecule has 1 saturated carbocycles. The first kappa shape index (κ1) is 17.9. The fourth-order valence-corrected chi connectivity index (χ4v) is 3.82. The van der Waals surface area contributed by atoms with Crippen LogP contribution in [0.4, 0.5) is 5.82 Å². The zero-order valence-corrected chi connectivity index (χ0v) is 16.5. The monoisotopic (exact) mass is 368 g/mol. The highest BCUT2D eigenvalue weighted by Gasteiger charge is 2.30. The Bertz CT molecular complexity index is 854. The van der Waals surface area contributed by atoms with Crippen molar-refractivity contribution in [1.82, 2.24) is 24.6 Å². The summed E-state index contributed by atoms with van der Waals surface area (Å²) in [6.07, 6.45) is 4.27. The van der Waals surface area contributed by atoms with Crippen LogP contribution in [-0.4, -0.2) is 37.1 Å². The number of aryl methyl sites for hydroxylation is 3. The second-order valence-electron chi connectivity index (χ2n) is 7.77. The molecule has 1 fully saturated rings. The van der Waals surface area contributed by atoms with Gasteiger partial charge < -0.3 is 10.2 Å². The molecule has 1 N–H and O–H groups in total. The molecule has 2 aromatic rings. The highest BCUT2D eigenvalue weighted by Crippen LogP contribution is 2.29. The van der Waals surface area contributed by atoms with Crippen molar-refractivity contribution < 1.29 is 4.79 Å². The van der Waals surface area contributed by atoms with Gasteiger partial charge in [-0.1, -0.05) is 6.42 Å². The maximum Gasteiger partial charge on any atom is 0.226 e. The molecule has 4 rings (SSSR count). The summed E-state index contributed by atoms with van der Waals surface area (Å²) >= 11 is 0. The number of amides is 1. The van der Waals surface area contributed by atoms with Gasteiger partial charge in [-0.25, -0.2) is 9.97 Å². The Balaban J connectivity index is 1.45. The largest absolute Gasteiger partial charge is 0.364 e. The number of carbonyl (C=O) groups is 1. The van der Waals surface area contributed by atoms with Gasteiger partial charge >= 0.3 is 0 Å². The molecular formula is C20H28N6O. The average molecular weight is 368 g/mol. The van der Waals surface area contributed by atoms with Crippen molar-refractivity contribution in [3.05, 3.63) is 34.5 Å². The van der Waals surface area contributed by atoms with Crippen molar-refractivity contribution in [3.63, 3.8) is 0 Å². The number of aromatic nitrogens is 4. The summed E-state index contributed by atoms with van der Waals surface area (Å²) in [7, 11) is 0. The van der Waals surface area contributed by atoms with Crippen LogP contribution in [0, 0.1) is 26.7 Å². The van der Waals surface area contributed by atoms with E-state index >= 15 is 0 Å². The number of rotatable bonds is 4. The van der Waals surface area contributed by atoms with Gasteiger partial charge in [0.1, 0.15) is 11.6 Å². The zero-order valence-electron chi connectivity index (χ0n) is 16.5. The van der Waals surface area contributed by atoms with E-state index in [1.165, 1.54) is 6.42 Å². The van der Waals surface area contributed by atoms with Gasteiger partial charge in [-0.3, -0.25) is 9.48 Å². The highest BCUT2D eigenvalue weighted by molar-refractivity contribution is 5.79. The number of nitrogens with zero attached hydrogens (tertiary/aromatic N) is 5. The standard InChI is InChI=1S/C20H28N6O/c1-13-14(2)22-15(3)23-19(13)21-11-17-10-18-12-25(8-5-9-26(18)24-17)20(27)16-6-4-7-16/h10,16H,4-9,11-12H2,1-3H3,(H,21,22,23). The Hall–Kier alpha value is -2.44. The lowest BCUT2D eigenvalue weighted by molar-refractivity contribution is -0.138. The van der Waals surface area contributed by atoms with E-state index in [2.05, 4.69) is 26.0 Å². The van der Waals surface area contributed by atoms with Crippen LogP contribution in [0.1, 0.15) is 54.2 Å². The van der Waals surface area contributed by atoms with Gasteiger partial charge in [0.05, 0.1) is 24.5 Å². The van der Waals surface area contributed by atoms with Crippen LogP contribution in [0.5, 0.6) is 0 Å². The Morgan fingerprint density at radius 1 is 1.19 bits per heavy atom. The van der Waals surface area contributed by atoms with Crippen LogP contribution in [0.25, 0.3) is 0 Å². The lowest BCUT2D eigenvalue weighted by atomic mass is 9.84. The van der Waals surface area contributed by atoms with Gasteiger partial charge in [-0.05, 0) is 46.1 Å². The normalized spacial score (nSPS) is 17.2. The fourth-order valence-electron chi connectivity index (χ4n) is 3.82. The van der Waals surface area contributed by atoms with Crippen molar-refractivity contribution in [2.75, 3.05) is 11.9 Å². The molecule has 0 spiro atoms. The van der Waals surface area contributed by atoms with Crippen LogP contribution >= 0.6 is 0 Å². The maximum atomic E-state index is 12.6. The van der Waals surface area contributed by atoms with E-state index in [9.17, 15) is 4.79 Å². The summed E-state index contributed by atoms with van der Waals surface area (Å²) in [4.78, 5) is 23.6. The van der Waals surface area contributed by atoms with Crippen LogP contribution in [0.3, 0.4) is 0 Å². The molecule has 1 aliphatic carbocycles. The van der Waals surface area contributed by atoms with E-state index in [-0.39, 0.29) is 5.92 Å². The summed E-state index contributed by atoms with van der Waals surface area (Å²) in [5.41, 5.74) is 4.18. The van der Waals surface area contributed by atoms with Crippen molar-refractivity contribution in [2.24, 2.45) is 5.92 Å². The van der Waals surface area contributed by atoms with Gasteiger partial charge in [0.25, 0.3) is 0 Å². The number of fused-ring (bicyclic) bond motifs is 1. The topological polar surface area (TPSA) is 75.9 Å². The second-order valence-corrected chi connectivity index (χ2v) is 7.77. The molecule has 0 bridgehead atoms. The molecule has 7 heteroatoms. The Labute approximate surface area is 160 Å². The Morgan fingerprint density at radius 2 is 2.00 bits per heavy atom. The lowest BCUT2D eigenvalue weighted by Gasteiger charge is -2.30. The quantitative estimate of drug-likeness (QED) is 0.898. The third kappa shape index (κ3) is 3.68. The lowest BCUT2D eigenvalue weighted by Crippen LogP contribution is -2.38. The van der Waals surface area contributed by atoms with E-state index < -0.39 is 0 Å². The minimum absolute atomic E-state index is 0.257. The molecule has 3 heterocycles. The Kier molecular flexibility index (Phi) is 4.85. The Morgan fingerprint density at radius 3 is 2.74 bits per heavy atom. The van der Waals surface area contributed by atoms with E-state index in [4.69, 9.17) is 5.10 Å². The van der Waals surface area contributed by atoms with Crippen LogP contribution in [0.2, 0.25) is 0 Å². The molecule has 1 aliphatic heterocycles. The predicted molar refractivity (Wildman–Crippen MR) is 103 cm³/mol.